The molecule has 1 aromatic carbocycles. The minimum Gasteiger partial charge on any atom is -0.492 e. The van der Waals surface area contributed by atoms with E-state index in [-0.39, 0.29) is 17.9 Å². The van der Waals surface area contributed by atoms with Crippen LogP contribution in [0.5, 0.6) is 5.75 Å². The maximum Gasteiger partial charge on any atom is 0.259 e. The highest BCUT2D eigenvalue weighted by atomic mass is 32.1. The fourth-order valence-corrected chi connectivity index (χ4v) is 5.30. The molecule has 30 heavy (non-hydrogen) atoms. The molecule has 6 nitrogen and oxygen atoms in total. The topological polar surface area (TPSA) is 84.1 Å². The molecule has 1 aliphatic rings. The second kappa shape index (κ2) is 9.00. The molecule has 2 aromatic heterocycles. The van der Waals surface area contributed by atoms with Gasteiger partial charge in [-0.2, -0.15) is 0 Å². The first-order chi connectivity index (χ1) is 14.5. The number of H-pyrrole nitrogens is 1. The first-order valence-corrected chi connectivity index (χ1v) is 11.3. The molecule has 0 aliphatic heterocycles. The van der Waals surface area contributed by atoms with Crippen LogP contribution in [0.2, 0.25) is 0 Å². The third-order valence-corrected chi connectivity index (χ3v) is 6.63. The molecule has 1 amide bonds. The van der Waals surface area contributed by atoms with Gasteiger partial charge >= 0.3 is 0 Å². The molecule has 158 valence electrons. The largest absolute Gasteiger partial charge is 0.492 e. The molecule has 1 aliphatic carbocycles. The predicted octanol–water partition coefficient (Wildman–Crippen LogP) is 3.55. The van der Waals surface area contributed by atoms with Crippen molar-refractivity contribution in [2.45, 2.75) is 46.0 Å². The number of ether oxygens (including phenoxy) is 1. The van der Waals surface area contributed by atoms with E-state index in [1.807, 2.05) is 31.2 Å². The first kappa shape index (κ1) is 20.6. The average molecular weight is 426 g/mol. The summed E-state index contributed by atoms with van der Waals surface area (Å²) < 4.78 is 5.64. The van der Waals surface area contributed by atoms with E-state index in [0.29, 0.717) is 31.3 Å². The highest BCUT2D eigenvalue weighted by Gasteiger charge is 2.23. The van der Waals surface area contributed by atoms with E-state index < -0.39 is 0 Å². The number of fused-ring (bicyclic) bond motifs is 3. The van der Waals surface area contributed by atoms with Crippen LogP contribution in [-0.2, 0) is 24.1 Å². The number of rotatable bonds is 7. The third kappa shape index (κ3) is 4.73. The number of aromatic amines is 1. The number of carbonyl (C=O) groups is 1. The van der Waals surface area contributed by atoms with Crippen LogP contribution < -0.4 is 15.6 Å². The Hall–Kier alpha value is -2.67. The zero-order valence-electron chi connectivity index (χ0n) is 17.4. The summed E-state index contributed by atoms with van der Waals surface area (Å²) in [6, 6.07) is 7.81. The van der Waals surface area contributed by atoms with E-state index in [2.05, 4.69) is 22.2 Å². The molecule has 0 radical (unpaired) electrons. The SMILES string of the molecule is Cc1cccc(OCCNC(=O)CCc2nc3sc4c(c3c(=O)[nH]2)CC[C@H](C)C4)c1. The summed E-state index contributed by atoms with van der Waals surface area (Å²) in [5, 5.41) is 3.61. The summed E-state index contributed by atoms with van der Waals surface area (Å²) in [6.07, 6.45) is 3.79. The van der Waals surface area contributed by atoms with E-state index in [4.69, 9.17) is 4.74 Å². The Morgan fingerprint density at radius 1 is 1.40 bits per heavy atom. The van der Waals surface area contributed by atoms with Gasteiger partial charge in [0.1, 0.15) is 23.0 Å². The molecule has 4 rings (SSSR count). The van der Waals surface area contributed by atoms with Gasteiger partial charge in [0, 0.05) is 17.7 Å². The lowest BCUT2D eigenvalue weighted by Crippen LogP contribution is -2.28. The van der Waals surface area contributed by atoms with Crippen molar-refractivity contribution >= 4 is 27.5 Å². The lowest BCUT2D eigenvalue weighted by molar-refractivity contribution is -0.121. The minimum absolute atomic E-state index is 0.0750. The molecular weight excluding hydrogens is 398 g/mol. The number of carbonyl (C=O) groups excluding carboxylic acids is 1. The van der Waals surface area contributed by atoms with Crippen molar-refractivity contribution in [3.8, 4) is 5.75 Å². The van der Waals surface area contributed by atoms with Crippen molar-refractivity contribution in [2.24, 2.45) is 5.92 Å². The van der Waals surface area contributed by atoms with Gasteiger partial charge in [-0.15, -0.1) is 11.3 Å². The Kier molecular flexibility index (Phi) is 6.18. The number of thiophene rings is 1. The fourth-order valence-electron chi connectivity index (χ4n) is 3.90. The predicted molar refractivity (Wildman–Crippen MR) is 119 cm³/mol. The van der Waals surface area contributed by atoms with Crippen molar-refractivity contribution in [3.63, 3.8) is 0 Å². The van der Waals surface area contributed by atoms with Gasteiger partial charge in [-0.1, -0.05) is 19.1 Å². The summed E-state index contributed by atoms with van der Waals surface area (Å²) in [7, 11) is 0. The van der Waals surface area contributed by atoms with Gasteiger partial charge in [-0.05, 0) is 55.4 Å². The third-order valence-electron chi connectivity index (χ3n) is 5.49. The second-order valence-corrected chi connectivity index (χ2v) is 9.14. The lowest BCUT2D eigenvalue weighted by atomic mass is 9.89. The Labute approximate surface area is 179 Å². The van der Waals surface area contributed by atoms with Gasteiger partial charge in [0.2, 0.25) is 5.91 Å². The summed E-state index contributed by atoms with van der Waals surface area (Å²) in [6.45, 7) is 5.11. The molecule has 7 heteroatoms. The smallest absolute Gasteiger partial charge is 0.259 e. The zero-order chi connectivity index (χ0) is 21.1. The summed E-state index contributed by atoms with van der Waals surface area (Å²) in [5.41, 5.74) is 2.24. The average Bonchev–Trinajstić information content (AvgIpc) is 3.07. The molecule has 2 heterocycles. The number of hydrogen-bond donors (Lipinski definition) is 2. The number of hydrogen-bond acceptors (Lipinski definition) is 5. The quantitative estimate of drug-likeness (QED) is 0.567. The van der Waals surface area contributed by atoms with Gasteiger partial charge < -0.3 is 15.0 Å². The number of aromatic nitrogens is 2. The van der Waals surface area contributed by atoms with E-state index in [9.17, 15) is 9.59 Å². The van der Waals surface area contributed by atoms with Crippen LogP contribution in [0, 0.1) is 12.8 Å². The monoisotopic (exact) mass is 425 g/mol. The normalized spacial score (nSPS) is 15.7. The number of nitrogens with zero attached hydrogens (tertiary/aromatic N) is 1. The molecule has 0 unspecified atom stereocenters. The van der Waals surface area contributed by atoms with Crippen molar-refractivity contribution in [3.05, 3.63) is 56.4 Å². The fraction of sp³-hybridized carbons (Fsp3) is 0.435. The Bertz CT molecular complexity index is 1120. The number of benzene rings is 1. The Balaban J connectivity index is 1.30. The van der Waals surface area contributed by atoms with E-state index in [1.165, 1.54) is 10.4 Å². The number of nitrogens with one attached hydrogen (secondary N) is 2. The van der Waals surface area contributed by atoms with Crippen LogP contribution in [0.3, 0.4) is 0 Å². The van der Waals surface area contributed by atoms with E-state index in [1.54, 1.807) is 11.3 Å². The lowest BCUT2D eigenvalue weighted by Gasteiger charge is -2.17. The molecular formula is C23H27N3O3S. The van der Waals surface area contributed by atoms with Crippen LogP contribution in [0.4, 0.5) is 0 Å². The molecule has 0 saturated carbocycles. The molecule has 2 N–H and O–H groups in total. The van der Waals surface area contributed by atoms with Gasteiger partial charge in [-0.3, -0.25) is 9.59 Å². The number of amides is 1. The van der Waals surface area contributed by atoms with Gasteiger partial charge in [0.15, 0.2) is 0 Å². The summed E-state index contributed by atoms with van der Waals surface area (Å²) in [5.74, 6) is 1.95. The van der Waals surface area contributed by atoms with Gasteiger partial charge in [0.25, 0.3) is 5.56 Å². The van der Waals surface area contributed by atoms with Crippen LogP contribution in [0.1, 0.15) is 41.6 Å². The standard InChI is InChI=1S/C23H27N3O3S/c1-14-4-3-5-16(12-14)29-11-10-24-20(27)9-8-19-25-22(28)21-17-7-6-15(2)13-18(17)30-23(21)26-19/h3-5,12,15H,6-11,13H2,1-2H3,(H,24,27)(H,25,26,28)/t15-/m0/s1. The molecule has 0 spiro atoms. The van der Waals surface area contributed by atoms with Crippen LogP contribution in [0.25, 0.3) is 10.2 Å². The van der Waals surface area contributed by atoms with Gasteiger partial charge in [-0.25, -0.2) is 4.98 Å². The molecule has 0 fully saturated rings. The maximum atomic E-state index is 12.6. The molecule has 3 aromatic rings. The molecule has 0 bridgehead atoms. The number of aryl methyl sites for hydroxylation is 3. The van der Waals surface area contributed by atoms with E-state index in [0.717, 1.165) is 40.8 Å². The summed E-state index contributed by atoms with van der Waals surface area (Å²) in [4.78, 5) is 34.4. The van der Waals surface area contributed by atoms with Crippen molar-refractivity contribution in [1.82, 2.24) is 15.3 Å². The Morgan fingerprint density at radius 3 is 3.10 bits per heavy atom. The molecule has 1 atom stereocenters. The summed E-state index contributed by atoms with van der Waals surface area (Å²) >= 11 is 1.63. The highest BCUT2D eigenvalue weighted by molar-refractivity contribution is 7.18. The van der Waals surface area contributed by atoms with Crippen molar-refractivity contribution in [2.75, 3.05) is 13.2 Å². The zero-order valence-corrected chi connectivity index (χ0v) is 18.2. The van der Waals surface area contributed by atoms with Gasteiger partial charge in [0.05, 0.1) is 11.9 Å². The van der Waals surface area contributed by atoms with Crippen molar-refractivity contribution < 1.29 is 9.53 Å². The maximum absolute atomic E-state index is 12.6. The van der Waals surface area contributed by atoms with Crippen molar-refractivity contribution in [1.29, 1.82) is 0 Å². The van der Waals surface area contributed by atoms with E-state index >= 15 is 0 Å². The second-order valence-electron chi connectivity index (χ2n) is 8.06. The first-order valence-electron chi connectivity index (χ1n) is 10.5. The van der Waals surface area contributed by atoms with Crippen LogP contribution in [0.15, 0.2) is 29.1 Å². The Morgan fingerprint density at radius 2 is 2.27 bits per heavy atom. The highest BCUT2D eigenvalue weighted by Crippen LogP contribution is 2.35. The van der Waals surface area contributed by atoms with Crippen LogP contribution >= 0.6 is 11.3 Å². The molecule has 0 saturated heterocycles. The minimum atomic E-state index is -0.0788. The van der Waals surface area contributed by atoms with Crippen LogP contribution in [-0.4, -0.2) is 29.0 Å².